The van der Waals surface area contributed by atoms with E-state index in [0.717, 1.165) is 18.5 Å². The average Bonchev–Trinajstić information content (AvgIpc) is 2.57. The lowest BCUT2D eigenvalue weighted by Gasteiger charge is -2.24. The molecule has 2 rings (SSSR count). The third kappa shape index (κ3) is 5.56. The molecule has 2 N–H and O–H groups in total. The van der Waals surface area contributed by atoms with Crippen molar-refractivity contribution in [3.8, 4) is 0 Å². The molecule has 1 amide bonds. The van der Waals surface area contributed by atoms with Gasteiger partial charge in [0.1, 0.15) is 0 Å². The van der Waals surface area contributed by atoms with Gasteiger partial charge in [-0.05, 0) is 44.8 Å². The lowest BCUT2D eigenvalue weighted by Crippen LogP contribution is -2.34. The van der Waals surface area contributed by atoms with Gasteiger partial charge >= 0.3 is 0 Å². The van der Waals surface area contributed by atoms with Gasteiger partial charge in [0.05, 0.1) is 10.0 Å². The van der Waals surface area contributed by atoms with Gasteiger partial charge < -0.3 is 15.5 Å². The summed E-state index contributed by atoms with van der Waals surface area (Å²) in [6.45, 7) is 1.81. The van der Waals surface area contributed by atoms with Crippen LogP contribution in [0.5, 0.6) is 0 Å². The molecule has 0 aliphatic heterocycles. The van der Waals surface area contributed by atoms with Crippen molar-refractivity contribution in [1.29, 1.82) is 0 Å². The second kappa shape index (κ2) is 8.99. The number of nitrogens with zero attached hydrogens (tertiary/aromatic N) is 4. The van der Waals surface area contributed by atoms with Gasteiger partial charge in [-0.2, -0.15) is 0 Å². The highest BCUT2D eigenvalue weighted by molar-refractivity contribution is 6.42. The van der Waals surface area contributed by atoms with E-state index in [1.165, 1.54) is 12.4 Å². The van der Waals surface area contributed by atoms with Gasteiger partial charge in [0.15, 0.2) is 11.5 Å². The first-order valence-electron chi connectivity index (χ1n) is 7.83. The average molecular weight is 382 g/mol. The topological polar surface area (TPSA) is 75.3 Å². The molecule has 0 spiro atoms. The molecule has 134 valence electrons. The van der Waals surface area contributed by atoms with E-state index in [9.17, 15) is 4.79 Å². The minimum absolute atomic E-state index is 0.124. The third-order valence-electron chi connectivity index (χ3n) is 3.61. The number of carbonyl (C=O) groups is 1. The molecule has 0 saturated heterocycles. The van der Waals surface area contributed by atoms with Crippen molar-refractivity contribution in [2.24, 2.45) is 0 Å². The Morgan fingerprint density at radius 2 is 1.84 bits per heavy atom. The minimum atomic E-state index is -0.254. The lowest BCUT2D eigenvalue weighted by molar-refractivity contribution is 0.0732. The van der Waals surface area contributed by atoms with Crippen molar-refractivity contribution in [1.82, 2.24) is 19.8 Å². The van der Waals surface area contributed by atoms with E-state index in [0.29, 0.717) is 23.1 Å². The maximum atomic E-state index is 12.9. The molecule has 0 aliphatic carbocycles. The fraction of sp³-hybridized carbons (Fsp3) is 0.353. The maximum absolute atomic E-state index is 12.9. The van der Waals surface area contributed by atoms with Crippen molar-refractivity contribution in [2.45, 2.75) is 13.0 Å². The highest BCUT2D eigenvalue weighted by Crippen LogP contribution is 2.23. The summed E-state index contributed by atoms with van der Waals surface area (Å²) >= 11 is 12.0. The molecule has 0 atom stereocenters. The Kier molecular flexibility index (Phi) is 6.99. The molecule has 25 heavy (non-hydrogen) atoms. The minimum Gasteiger partial charge on any atom is -0.382 e. The molecule has 0 saturated carbocycles. The highest BCUT2D eigenvalue weighted by Gasteiger charge is 2.20. The van der Waals surface area contributed by atoms with Crippen LogP contribution in [0.1, 0.15) is 22.5 Å². The molecule has 0 aliphatic rings. The maximum Gasteiger partial charge on any atom is 0.276 e. The molecule has 1 heterocycles. The van der Waals surface area contributed by atoms with Crippen LogP contribution in [0.4, 0.5) is 5.82 Å². The van der Waals surface area contributed by atoms with Gasteiger partial charge in [-0.25, -0.2) is 9.97 Å². The molecule has 1 aromatic heterocycles. The number of anilines is 1. The van der Waals surface area contributed by atoms with E-state index in [1.54, 1.807) is 17.0 Å². The van der Waals surface area contributed by atoms with Crippen LogP contribution in [-0.4, -0.2) is 52.9 Å². The van der Waals surface area contributed by atoms with E-state index < -0.39 is 0 Å². The molecular formula is C17H21Cl2N5O. The van der Waals surface area contributed by atoms with E-state index in [1.807, 2.05) is 20.2 Å². The molecule has 0 radical (unpaired) electrons. The fourth-order valence-corrected chi connectivity index (χ4v) is 2.67. The number of hydrogen-bond donors (Lipinski definition) is 1. The number of nitrogens with two attached hydrogens (primary N) is 1. The number of rotatable bonds is 7. The van der Waals surface area contributed by atoms with Crippen LogP contribution in [0.15, 0.2) is 30.6 Å². The normalized spacial score (nSPS) is 10.9. The third-order valence-corrected chi connectivity index (χ3v) is 4.35. The Hall–Kier alpha value is -1.89. The van der Waals surface area contributed by atoms with Gasteiger partial charge in [-0.15, -0.1) is 0 Å². The number of amides is 1. The van der Waals surface area contributed by atoms with Crippen molar-refractivity contribution < 1.29 is 4.79 Å². The molecule has 8 heteroatoms. The molecule has 0 fully saturated rings. The number of hydrogen-bond acceptors (Lipinski definition) is 5. The number of halogens is 2. The van der Waals surface area contributed by atoms with Gasteiger partial charge in [0, 0.05) is 25.5 Å². The zero-order chi connectivity index (χ0) is 18.4. The van der Waals surface area contributed by atoms with Crippen LogP contribution in [0, 0.1) is 0 Å². The molecule has 1 aromatic carbocycles. The second-order valence-electron chi connectivity index (χ2n) is 5.92. The van der Waals surface area contributed by atoms with Crippen LogP contribution in [0.2, 0.25) is 10.0 Å². The van der Waals surface area contributed by atoms with Gasteiger partial charge in [0.25, 0.3) is 5.91 Å². The summed E-state index contributed by atoms with van der Waals surface area (Å²) in [6, 6.07) is 5.33. The van der Waals surface area contributed by atoms with Crippen LogP contribution in [-0.2, 0) is 6.54 Å². The van der Waals surface area contributed by atoms with Crippen LogP contribution < -0.4 is 5.73 Å². The molecule has 2 aromatic rings. The molecule has 0 unspecified atom stereocenters. The first-order valence-corrected chi connectivity index (χ1v) is 8.58. The van der Waals surface area contributed by atoms with Crippen molar-refractivity contribution >= 4 is 34.9 Å². The Labute approximate surface area is 157 Å². The summed E-state index contributed by atoms with van der Waals surface area (Å²) in [5, 5.41) is 0.938. The first kappa shape index (κ1) is 19.4. The van der Waals surface area contributed by atoms with E-state index >= 15 is 0 Å². The van der Waals surface area contributed by atoms with E-state index in [-0.39, 0.29) is 17.4 Å². The van der Waals surface area contributed by atoms with Gasteiger partial charge in [-0.1, -0.05) is 29.3 Å². The Bertz CT molecular complexity index is 739. The van der Waals surface area contributed by atoms with Crippen molar-refractivity contribution in [3.63, 3.8) is 0 Å². The standard InChI is InChI=1S/C17H21Cl2N5O/c1-23(2)8-3-9-24(11-12-4-5-13(18)14(19)10-12)17(25)15-16(20)22-7-6-21-15/h4-7,10H,3,8-9,11H2,1-2H3,(H2,20,22). The molecule has 6 nitrogen and oxygen atoms in total. The van der Waals surface area contributed by atoms with Crippen molar-refractivity contribution in [3.05, 3.63) is 51.9 Å². The van der Waals surface area contributed by atoms with Crippen molar-refractivity contribution in [2.75, 3.05) is 32.9 Å². The van der Waals surface area contributed by atoms with Crippen LogP contribution in [0.25, 0.3) is 0 Å². The number of nitrogen functional groups attached to an aromatic ring is 1. The SMILES string of the molecule is CN(C)CCCN(Cc1ccc(Cl)c(Cl)c1)C(=O)c1nccnc1N. The van der Waals surface area contributed by atoms with E-state index in [2.05, 4.69) is 14.9 Å². The summed E-state index contributed by atoms with van der Waals surface area (Å²) in [4.78, 5) is 24.7. The Morgan fingerprint density at radius 3 is 2.48 bits per heavy atom. The predicted molar refractivity (Wildman–Crippen MR) is 101 cm³/mol. The quantitative estimate of drug-likeness (QED) is 0.797. The summed E-state index contributed by atoms with van der Waals surface area (Å²) in [5.41, 5.74) is 6.85. The summed E-state index contributed by atoms with van der Waals surface area (Å²) < 4.78 is 0. The summed E-state index contributed by atoms with van der Waals surface area (Å²) in [5.74, 6) is -0.130. The molecule has 0 bridgehead atoms. The summed E-state index contributed by atoms with van der Waals surface area (Å²) in [6.07, 6.45) is 3.74. The zero-order valence-corrected chi connectivity index (χ0v) is 15.8. The zero-order valence-electron chi connectivity index (χ0n) is 14.2. The molecular weight excluding hydrogens is 361 g/mol. The summed E-state index contributed by atoms with van der Waals surface area (Å²) in [7, 11) is 3.98. The number of benzene rings is 1. The highest BCUT2D eigenvalue weighted by atomic mass is 35.5. The smallest absolute Gasteiger partial charge is 0.276 e. The van der Waals surface area contributed by atoms with Gasteiger partial charge in [-0.3, -0.25) is 4.79 Å². The van der Waals surface area contributed by atoms with Crippen LogP contribution in [0.3, 0.4) is 0 Å². The predicted octanol–water partition coefficient (Wildman–Crippen LogP) is 2.96. The monoisotopic (exact) mass is 381 g/mol. The van der Waals surface area contributed by atoms with Gasteiger partial charge in [0.2, 0.25) is 0 Å². The lowest BCUT2D eigenvalue weighted by atomic mass is 10.2. The Morgan fingerprint density at radius 1 is 1.12 bits per heavy atom. The fourth-order valence-electron chi connectivity index (χ4n) is 2.35. The largest absolute Gasteiger partial charge is 0.382 e. The number of carbonyl (C=O) groups excluding carboxylic acids is 1. The Balaban J connectivity index is 2.21. The number of aromatic nitrogens is 2. The first-order chi connectivity index (χ1) is 11.9. The van der Waals surface area contributed by atoms with E-state index in [4.69, 9.17) is 28.9 Å². The van der Waals surface area contributed by atoms with Crippen LogP contribution >= 0.6 is 23.2 Å². The second-order valence-corrected chi connectivity index (χ2v) is 6.74.